The molecular formula is C15H10FNO2. The third-order valence-corrected chi connectivity index (χ3v) is 2.53. The Hall–Kier alpha value is -2.67. The van der Waals surface area contributed by atoms with Crippen molar-refractivity contribution in [3.8, 4) is 17.6 Å². The Morgan fingerprint density at radius 1 is 1.21 bits per heavy atom. The first-order chi connectivity index (χ1) is 9.22. The lowest BCUT2D eigenvalue weighted by atomic mass is 10.1. The fourth-order valence-corrected chi connectivity index (χ4v) is 1.60. The molecule has 0 radical (unpaired) electrons. The normalized spacial score (nSPS) is 9.68. The molecule has 3 nitrogen and oxygen atoms in total. The summed E-state index contributed by atoms with van der Waals surface area (Å²) in [6.07, 6.45) is 0.874. The van der Waals surface area contributed by atoms with E-state index >= 15 is 0 Å². The van der Waals surface area contributed by atoms with Crippen molar-refractivity contribution >= 4 is 6.29 Å². The second-order valence-electron chi connectivity index (χ2n) is 3.88. The number of aldehydes is 1. The molecule has 2 aromatic carbocycles. The molecule has 4 heteroatoms. The van der Waals surface area contributed by atoms with E-state index in [4.69, 9.17) is 10.00 Å². The van der Waals surface area contributed by atoms with Gasteiger partial charge < -0.3 is 4.74 Å². The summed E-state index contributed by atoms with van der Waals surface area (Å²) in [6.45, 7) is 0. The fraction of sp³-hybridized carbons (Fsp3) is 0.0667. The Labute approximate surface area is 109 Å². The molecular weight excluding hydrogens is 245 g/mol. The summed E-state index contributed by atoms with van der Waals surface area (Å²) in [5.41, 5.74) is 1.03. The standard InChI is InChI=1S/C15H10FNO2/c16-13-3-6-15(12(9-13)10-18)19-14-4-1-11(2-5-14)7-8-17/h1-6,9-10H,7H2. The molecule has 19 heavy (non-hydrogen) atoms. The second kappa shape index (κ2) is 5.78. The van der Waals surface area contributed by atoms with Crippen LogP contribution < -0.4 is 4.74 Å². The average Bonchev–Trinajstić information content (AvgIpc) is 2.43. The van der Waals surface area contributed by atoms with E-state index in [0.29, 0.717) is 24.2 Å². The molecule has 0 heterocycles. The van der Waals surface area contributed by atoms with Crippen LogP contribution in [0.2, 0.25) is 0 Å². The predicted octanol–water partition coefficient (Wildman–Crippen LogP) is 3.50. The maximum absolute atomic E-state index is 13.0. The Balaban J connectivity index is 2.21. The maximum atomic E-state index is 13.0. The molecule has 0 fully saturated rings. The third kappa shape index (κ3) is 3.17. The summed E-state index contributed by atoms with van der Waals surface area (Å²) >= 11 is 0. The van der Waals surface area contributed by atoms with Crippen LogP contribution in [0.15, 0.2) is 42.5 Å². The van der Waals surface area contributed by atoms with Crippen molar-refractivity contribution in [1.29, 1.82) is 5.26 Å². The molecule has 0 aliphatic rings. The van der Waals surface area contributed by atoms with E-state index in [-0.39, 0.29) is 5.56 Å². The summed E-state index contributed by atoms with van der Waals surface area (Å²) < 4.78 is 18.5. The van der Waals surface area contributed by atoms with E-state index in [1.807, 2.05) is 6.07 Å². The van der Waals surface area contributed by atoms with E-state index in [2.05, 4.69) is 0 Å². The van der Waals surface area contributed by atoms with E-state index in [1.54, 1.807) is 24.3 Å². The fourth-order valence-electron chi connectivity index (χ4n) is 1.60. The number of hydrogen-bond acceptors (Lipinski definition) is 3. The van der Waals surface area contributed by atoms with Gasteiger partial charge in [-0.1, -0.05) is 12.1 Å². The van der Waals surface area contributed by atoms with Crippen LogP contribution in [0.4, 0.5) is 4.39 Å². The van der Waals surface area contributed by atoms with Gasteiger partial charge in [0.15, 0.2) is 6.29 Å². The molecule has 2 rings (SSSR count). The van der Waals surface area contributed by atoms with Crippen molar-refractivity contribution in [2.75, 3.05) is 0 Å². The van der Waals surface area contributed by atoms with Gasteiger partial charge in [-0.05, 0) is 35.9 Å². The zero-order valence-electron chi connectivity index (χ0n) is 9.97. The minimum Gasteiger partial charge on any atom is -0.457 e. The molecule has 0 bridgehead atoms. The largest absolute Gasteiger partial charge is 0.457 e. The van der Waals surface area contributed by atoms with Gasteiger partial charge in [0, 0.05) is 0 Å². The molecule has 0 saturated heterocycles. The highest BCUT2D eigenvalue weighted by molar-refractivity contribution is 5.79. The van der Waals surface area contributed by atoms with Gasteiger partial charge in [0.1, 0.15) is 17.3 Å². The quantitative estimate of drug-likeness (QED) is 0.785. The molecule has 2 aromatic rings. The molecule has 0 amide bonds. The number of halogens is 1. The second-order valence-corrected chi connectivity index (χ2v) is 3.88. The maximum Gasteiger partial charge on any atom is 0.153 e. The number of benzene rings is 2. The average molecular weight is 255 g/mol. The Kier molecular flexibility index (Phi) is 3.89. The van der Waals surface area contributed by atoms with Gasteiger partial charge in [0.2, 0.25) is 0 Å². The highest BCUT2D eigenvalue weighted by atomic mass is 19.1. The van der Waals surface area contributed by atoms with Gasteiger partial charge in [0.05, 0.1) is 18.1 Å². The van der Waals surface area contributed by atoms with Crippen molar-refractivity contribution in [2.24, 2.45) is 0 Å². The van der Waals surface area contributed by atoms with E-state index < -0.39 is 5.82 Å². The van der Waals surface area contributed by atoms with Gasteiger partial charge in [0.25, 0.3) is 0 Å². The van der Waals surface area contributed by atoms with Crippen LogP contribution in [0.25, 0.3) is 0 Å². The number of carbonyl (C=O) groups is 1. The lowest BCUT2D eigenvalue weighted by Crippen LogP contribution is -1.92. The predicted molar refractivity (Wildman–Crippen MR) is 67.6 cm³/mol. The zero-order valence-corrected chi connectivity index (χ0v) is 9.97. The molecule has 0 spiro atoms. The summed E-state index contributed by atoms with van der Waals surface area (Å²) in [7, 11) is 0. The Morgan fingerprint density at radius 3 is 2.58 bits per heavy atom. The van der Waals surface area contributed by atoms with Gasteiger partial charge >= 0.3 is 0 Å². The van der Waals surface area contributed by atoms with Gasteiger partial charge in [-0.25, -0.2) is 4.39 Å². The minimum atomic E-state index is -0.487. The first-order valence-corrected chi connectivity index (χ1v) is 5.61. The number of hydrogen-bond donors (Lipinski definition) is 0. The topological polar surface area (TPSA) is 50.1 Å². The number of carbonyl (C=O) groups excluding carboxylic acids is 1. The number of nitriles is 1. The van der Waals surface area contributed by atoms with Crippen LogP contribution in [0.5, 0.6) is 11.5 Å². The summed E-state index contributed by atoms with van der Waals surface area (Å²) in [6, 6.07) is 12.7. The van der Waals surface area contributed by atoms with Gasteiger partial charge in [-0.3, -0.25) is 4.79 Å². The van der Waals surface area contributed by atoms with Crippen LogP contribution in [0, 0.1) is 17.1 Å². The molecule has 0 N–H and O–H groups in total. The molecule has 0 aliphatic carbocycles. The first-order valence-electron chi connectivity index (χ1n) is 5.61. The zero-order chi connectivity index (χ0) is 13.7. The Morgan fingerprint density at radius 2 is 1.95 bits per heavy atom. The van der Waals surface area contributed by atoms with Crippen molar-refractivity contribution in [3.63, 3.8) is 0 Å². The number of ether oxygens (including phenoxy) is 1. The van der Waals surface area contributed by atoms with Crippen molar-refractivity contribution in [2.45, 2.75) is 6.42 Å². The SMILES string of the molecule is N#CCc1ccc(Oc2ccc(F)cc2C=O)cc1. The smallest absolute Gasteiger partial charge is 0.153 e. The highest BCUT2D eigenvalue weighted by Gasteiger charge is 2.06. The monoisotopic (exact) mass is 255 g/mol. The van der Waals surface area contributed by atoms with Gasteiger partial charge in [-0.15, -0.1) is 0 Å². The molecule has 0 aromatic heterocycles. The van der Waals surface area contributed by atoms with Crippen LogP contribution >= 0.6 is 0 Å². The first kappa shape index (κ1) is 12.8. The number of nitrogens with zero attached hydrogens (tertiary/aromatic N) is 1. The molecule has 0 aliphatic heterocycles. The van der Waals surface area contributed by atoms with Crippen molar-refractivity contribution in [3.05, 3.63) is 59.4 Å². The van der Waals surface area contributed by atoms with Crippen molar-refractivity contribution < 1.29 is 13.9 Å². The summed E-state index contributed by atoms with van der Waals surface area (Å²) in [5.74, 6) is 0.333. The van der Waals surface area contributed by atoms with Crippen LogP contribution in [-0.2, 0) is 6.42 Å². The molecule has 94 valence electrons. The van der Waals surface area contributed by atoms with E-state index in [1.165, 1.54) is 12.1 Å². The molecule has 0 unspecified atom stereocenters. The lowest BCUT2D eigenvalue weighted by Gasteiger charge is -2.08. The Bertz CT molecular complexity index is 630. The van der Waals surface area contributed by atoms with E-state index in [9.17, 15) is 9.18 Å². The number of rotatable bonds is 4. The molecule has 0 atom stereocenters. The summed E-state index contributed by atoms with van der Waals surface area (Å²) in [4.78, 5) is 10.8. The summed E-state index contributed by atoms with van der Waals surface area (Å²) in [5, 5.41) is 8.56. The highest BCUT2D eigenvalue weighted by Crippen LogP contribution is 2.25. The van der Waals surface area contributed by atoms with Crippen LogP contribution in [0.1, 0.15) is 15.9 Å². The van der Waals surface area contributed by atoms with Crippen LogP contribution in [0.3, 0.4) is 0 Å². The lowest BCUT2D eigenvalue weighted by molar-refractivity contribution is 0.112. The minimum absolute atomic E-state index is 0.154. The molecule has 0 saturated carbocycles. The third-order valence-electron chi connectivity index (χ3n) is 2.53. The van der Waals surface area contributed by atoms with Crippen LogP contribution in [-0.4, -0.2) is 6.29 Å². The van der Waals surface area contributed by atoms with Crippen molar-refractivity contribution in [1.82, 2.24) is 0 Å². The van der Waals surface area contributed by atoms with E-state index in [0.717, 1.165) is 11.6 Å². The van der Waals surface area contributed by atoms with Gasteiger partial charge in [-0.2, -0.15) is 5.26 Å².